The topological polar surface area (TPSA) is 44.9 Å². The van der Waals surface area contributed by atoms with Crippen LogP contribution in [-0.2, 0) is 7.05 Å². The van der Waals surface area contributed by atoms with E-state index in [4.69, 9.17) is 0 Å². The highest BCUT2D eigenvalue weighted by atomic mass is 15.4. The maximum atomic E-state index is 9.26. The molecule has 4 heteroatoms. The van der Waals surface area contributed by atoms with Gasteiger partial charge in [-0.25, -0.2) is 0 Å². The monoisotopic (exact) mass is 232 g/mol. The van der Waals surface area contributed by atoms with E-state index in [0.29, 0.717) is 6.04 Å². The van der Waals surface area contributed by atoms with Crippen LogP contribution in [0.15, 0.2) is 0 Å². The first kappa shape index (κ1) is 12.0. The van der Waals surface area contributed by atoms with E-state index in [1.807, 2.05) is 18.7 Å². The number of aryl methyl sites for hydroxylation is 2. The molecule has 0 atom stereocenters. The normalized spacial score (nSPS) is 14.7. The predicted molar refractivity (Wildman–Crippen MR) is 67.9 cm³/mol. The van der Waals surface area contributed by atoms with Crippen LogP contribution in [0.2, 0.25) is 0 Å². The van der Waals surface area contributed by atoms with Gasteiger partial charge >= 0.3 is 0 Å². The van der Waals surface area contributed by atoms with E-state index in [-0.39, 0.29) is 0 Å². The minimum atomic E-state index is 0.628. The highest BCUT2D eigenvalue weighted by Gasteiger charge is 2.32. The highest BCUT2D eigenvalue weighted by molar-refractivity contribution is 5.58. The van der Waals surface area contributed by atoms with Crippen LogP contribution in [0.4, 0.5) is 5.82 Å². The Bertz CT molecular complexity index is 437. The lowest BCUT2D eigenvalue weighted by Crippen LogP contribution is -2.29. The molecule has 0 radical (unpaired) electrons. The Balaban J connectivity index is 2.32. The van der Waals surface area contributed by atoms with Crippen molar-refractivity contribution < 1.29 is 0 Å². The number of aromatic nitrogens is 2. The van der Waals surface area contributed by atoms with Gasteiger partial charge in [0.05, 0.1) is 5.69 Å². The lowest BCUT2D eigenvalue weighted by molar-refractivity contribution is 0.662. The molecule has 1 aliphatic rings. The third-order valence-electron chi connectivity index (χ3n) is 3.32. The molecule has 1 aromatic heterocycles. The molecule has 2 rings (SSSR count). The Kier molecular flexibility index (Phi) is 3.37. The van der Waals surface area contributed by atoms with Crippen molar-refractivity contribution in [2.24, 2.45) is 7.05 Å². The molecule has 0 spiro atoms. The number of hydrogen-bond donors (Lipinski definition) is 0. The average Bonchev–Trinajstić information content (AvgIpc) is 3.07. The fourth-order valence-corrected chi connectivity index (χ4v) is 2.28. The largest absolute Gasteiger partial charge is 0.353 e. The molecule has 0 N–H and O–H groups in total. The molecule has 1 heterocycles. The van der Waals surface area contributed by atoms with Crippen LogP contribution in [0.3, 0.4) is 0 Å². The van der Waals surface area contributed by atoms with Crippen LogP contribution in [0.1, 0.15) is 43.9 Å². The molecular formula is C13H20N4. The second-order valence-corrected chi connectivity index (χ2v) is 4.80. The van der Waals surface area contributed by atoms with E-state index < -0.39 is 0 Å². The summed E-state index contributed by atoms with van der Waals surface area (Å²) >= 11 is 0. The summed E-state index contributed by atoms with van der Waals surface area (Å²) in [5.74, 6) is 1.01. The SMILES string of the molecule is CCCCN(c1c(C#N)c(C)nn1C)C1CC1. The van der Waals surface area contributed by atoms with Gasteiger partial charge in [0.2, 0.25) is 0 Å². The van der Waals surface area contributed by atoms with Crippen molar-refractivity contribution in [3.05, 3.63) is 11.3 Å². The first-order valence-corrected chi connectivity index (χ1v) is 6.39. The summed E-state index contributed by atoms with van der Waals surface area (Å²) in [6.45, 7) is 5.15. The minimum absolute atomic E-state index is 0.628. The van der Waals surface area contributed by atoms with Crippen molar-refractivity contribution in [2.75, 3.05) is 11.4 Å². The second-order valence-electron chi connectivity index (χ2n) is 4.80. The first-order valence-electron chi connectivity index (χ1n) is 6.39. The molecule has 17 heavy (non-hydrogen) atoms. The Morgan fingerprint density at radius 3 is 2.76 bits per heavy atom. The van der Waals surface area contributed by atoms with E-state index >= 15 is 0 Å². The second kappa shape index (κ2) is 4.79. The molecular weight excluding hydrogens is 212 g/mol. The van der Waals surface area contributed by atoms with Crippen LogP contribution >= 0.6 is 0 Å². The Morgan fingerprint density at radius 1 is 1.53 bits per heavy atom. The zero-order valence-electron chi connectivity index (χ0n) is 10.9. The van der Waals surface area contributed by atoms with E-state index in [1.54, 1.807) is 0 Å². The molecule has 1 aliphatic carbocycles. The van der Waals surface area contributed by atoms with Crippen LogP contribution in [-0.4, -0.2) is 22.4 Å². The Morgan fingerprint density at radius 2 is 2.24 bits per heavy atom. The fourth-order valence-electron chi connectivity index (χ4n) is 2.28. The molecule has 0 aliphatic heterocycles. The fraction of sp³-hybridized carbons (Fsp3) is 0.692. The molecule has 0 saturated heterocycles. The van der Waals surface area contributed by atoms with E-state index in [2.05, 4.69) is 23.0 Å². The Labute approximate surface area is 103 Å². The van der Waals surface area contributed by atoms with E-state index in [9.17, 15) is 5.26 Å². The molecule has 92 valence electrons. The van der Waals surface area contributed by atoms with Gasteiger partial charge in [0.25, 0.3) is 0 Å². The molecule has 1 aromatic rings. The lowest BCUT2D eigenvalue weighted by atomic mass is 10.2. The average molecular weight is 232 g/mol. The van der Waals surface area contributed by atoms with Gasteiger partial charge in [-0.05, 0) is 26.2 Å². The van der Waals surface area contributed by atoms with Gasteiger partial charge in [0, 0.05) is 19.6 Å². The van der Waals surface area contributed by atoms with Crippen molar-refractivity contribution in [3.8, 4) is 6.07 Å². The third kappa shape index (κ3) is 2.28. The summed E-state index contributed by atoms with van der Waals surface area (Å²) < 4.78 is 1.86. The smallest absolute Gasteiger partial charge is 0.145 e. The first-order chi connectivity index (χ1) is 8.19. The number of nitriles is 1. The molecule has 1 saturated carbocycles. The summed E-state index contributed by atoms with van der Waals surface area (Å²) in [7, 11) is 1.94. The van der Waals surface area contributed by atoms with E-state index in [1.165, 1.54) is 25.7 Å². The summed E-state index contributed by atoms with van der Waals surface area (Å²) in [5, 5.41) is 13.6. The van der Waals surface area contributed by atoms with Crippen LogP contribution in [0.5, 0.6) is 0 Å². The Hall–Kier alpha value is -1.50. The van der Waals surface area contributed by atoms with Gasteiger partial charge < -0.3 is 4.90 Å². The van der Waals surface area contributed by atoms with E-state index in [0.717, 1.165) is 23.6 Å². The van der Waals surface area contributed by atoms with Gasteiger partial charge in [0.15, 0.2) is 0 Å². The van der Waals surface area contributed by atoms with Crippen molar-refractivity contribution in [1.29, 1.82) is 5.26 Å². The lowest BCUT2D eigenvalue weighted by Gasteiger charge is -2.24. The molecule has 0 amide bonds. The van der Waals surface area contributed by atoms with Crippen LogP contribution in [0, 0.1) is 18.3 Å². The van der Waals surface area contributed by atoms with Crippen LogP contribution in [0.25, 0.3) is 0 Å². The van der Waals surface area contributed by atoms with Crippen molar-refractivity contribution >= 4 is 5.82 Å². The van der Waals surface area contributed by atoms with Gasteiger partial charge in [-0.1, -0.05) is 13.3 Å². The number of anilines is 1. The van der Waals surface area contributed by atoms with Crippen molar-refractivity contribution in [3.63, 3.8) is 0 Å². The minimum Gasteiger partial charge on any atom is -0.353 e. The molecule has 0 bridgehead atoms. The summed E-state index contributed by atoms with van der Waals surface area (Å²) in [4.78, 5) is 2.38. The summed E-state index contributed by atoms with van der Waals surface area (Å²) in [6.07, 6.45) is 4.85. The molecule has 0 unspecified atom stereocenters. The van der Waals surface area contributed by atoms with Gasteiger partial charge in [-0.3, -0.25) is 4.68 Å². The quantitative estimate of drug-likeness (QED) is 0.783. The molecule has 1 fully saturated rings. The van der Waals surface area contributed by atoms with Crippen molar-refractivity contribution in [1.82, 2.24) is 9.78 Å². The summed E-state index contributed by atoms with van der Waals surface area (Å²) in [5.41, 5.74) is 1.59. The zero-order valence-corrected chi connectivity index (χ0v) is 10.9. The van der Waals surface area contributed by atoms with Crippen molar-refractivity contribution in [2.45, 2.75) is 45.6 Å². The number of hydrogen-bond acceptors (Lipinski definition) is 3. The zero-order chi connectivity index (χ0) is 12.4. The molecule has 0 aromatic carbocycles. The maximum absolute atomic E-state index is 9.26. The van der Waals surface area contributed by atoms with Gasteiger partial charge in [0.1, 0.15) is 17.5 Å². The van der Waals surface area contributed by atoms with Crippen LogP contribution < -0.4 is 4.90 Å². The summed E-state index contributed by atoms with van der Waals surface area (Å²) in [6, 6.07) is 2.93. The van der Waals surface area contributed by atoms with Gasteiger partial charge in [-0.15, -0.1) is 0 Å². The predicted octanol–water partition coefficient (Wildman–Crippen LogP) is 2.37. The number of rotatable bonds is 5. The molecule has 4 nitrogen and oxygen atoms in total. The number of unbranched alkanes of at least 4 members (excludes halogenated alkanes) is 1. The standard InChI is InChI=1S/C13H20N4/c1-4-5-8-17(11-6-7-11)13-12(9-14)10(2)15-16(13)3/h11H,4-8H2,1-3H3. The number of nitrogens with zero attached hydrogens (tertiary/aromatic N) is 4. The highest BCUT2D eigenvalue weighted by Crippen LogP contribution is 2.34. The maximum Gasteiger partial charge on any atom is 0.145 e. The third-order valence-corrected chi connectivity index (χ3v) is 3.32. The van der Waals surface area contributed by atoms with Gasteiger partial charge in [-0.2, -0.15) is 10.4 Å².